The molecule has 0 atom stereocenters. The minimum Gasteiger partial charge on any atom is -0.364 e. The van der Waals surface area contributed by atoms with Crippen LogP contribution in [0.15, 0.2) is 36.4 Å². The van der Waals surface area contributed by atoms with Gasteiger partial charge in [-0.05, 0) is 61.8 Å². The van der Waals surface area contributed by atoms with Crippen molar-refractivity contribution in [2.75, 3.05) is 55.4 Å². The van der Waals surface area contributed by atoms with Crippen LogP contribution in [-0.2, 0) is 6.54 Å². The quantitative estimate of drug-likeness (QED) is 0.716. The van der Waals surface area contributed by atoms with Crippen molar-refractivity contribution in [1.29, 1.82) is 0 Å². The lowest BCUT2D eigenvalue weighted by Gasteiger charge is -2.57. The van der Waals surface area contributed by atoms with E-state index < -0.39 is 0 Å². The van der Waals surface area contributed by atoms with Gasteiger partial charge in [-0.15, -0.1) is 0 Å². The molecule has 0 amide bonds. The molecule has 1 N–H and O–H groups in total. The molecule has 5 aliphatic rings. The maximum Gasteiger partial charge on any atom is 0.229 e. The first-order valence-corrected chi connectivity index (χ1v) is 12.9. The molecule has 0 unspecified atom stereocenters. The Morgan fingerprint density at radius 3 is 2.15 bits per heavy atom. The number of hydrogen-bond acceptors (Lipinski definition) is 6. The van der Waals surface area contributed by atoms with Crippen molar-refractivity contribution in [2.24, 2.45) is 17.8 Å². The van der Waals surface area contributed by atoms with E-state index in [9.17, 15) is 0 Å². The van der Waals surface area contributed by atoms with Gasteiger partial charge in [0.15, 0.2) is 0 Å². The smallest absolute Gasteiger partial charge is 0.229 e. The highest BCUT2D eigenvalue weighted by Crippen LogP contribution is 2.56. The minimum absolute atomic E-state index is 0.262. The monoisotopic (exact) mass is 446 g/mol. The molecule has 7 rings (SSSR count). The molecule has 6 nitrogen and oxygen atoms in total. The standard InChI is InChI=1S/C27H38N6/c1-31(2)25-15-24(30-27-16-21-12-22(17-27)14-23(13-21)18-27)28-26(29-25)33-10-8-32(9-11-33)19-20-6-4-3-5-7-20/h3-7,15,21-23H,8-14,16-19H2,1-2H3,(H,28,29,30). The lowest BCUT2D eigenvalue weighted by atomic mass is 9.53. The van der Waals surface area contributed by atoms with Crippen molar-refractivity contribution in [2.45, 2.75) is 50.6 Å². The Morgan fingerprint density at radius 2 is 1.55 bits per heavy atom. The van der Waals surface area contributed by atoms with Gasteiger partial charge in [-0.1, -0.05) is 30.3 Å². The Balaban J connectivity index is 1.17. The van der Waals surface area contributed by atoms with Crippen molar-refractivity contribution >= 4 is 17.6 Å². The number of nitrogens with one attached hydrogen (secondary N) is 1. The summed E-state index contributed by atoms with van der Waals surface area (Å²) >= 11 is 0. The van der Waals surface area contributed by atoms with Crippen LogP contribution in [0.25, 0.3) is 0 Å². The van der Waals surface area contributed by atoms with E-state index >= 15 is 0 Å². The Kier molecular flexibility index (Phi) is 5.44. The molecule has 1 saturated heterocycles. The second-order valence-electron chi connectivity index (χ2n) is 11.4. The van der Waals surface area contributed by atoms with Crippen molar-refractivity contribution < 1.29 is 0 Å². The Morgan fingerprint density at radius 1 is 0.909 bits per heavy atom. The zero-order valence-corrected chi connectivity index (χ0v) is 20.2. The van der Waals surface area contributed by atoms with Gasteiger partial charge in [-0.2, -0.15) is 9.97 Å². The van der Waals surface area contributed by atoms with Crippen LogP contribution in [0.3, 0.4) is 0 Å². The van der Waals surface area contributed by atoms with Gasteiger partial charge in [0.2, 0.25) is 5.95 Å². The van der Waals surface area contributed by atoms with E-state index in [0.29, 0.717) is 0 Å². The number of piperazine rings is 1. The fourth-order valence-electron chi connectivity index (χ4n) is 7.34. The first-order chi connectivity index (χ1) is 16.0. The summed E-state index contributed by atoms with van der Waals surface area (Å²) in [6.45, 7) is 5.05. The predicted molar refractivity (Wildman–Crippen MR) is 135 cm³/mol. The van der Waals surface area contributed by atoms with Crippen LogP contribution in [0.1, 0.15) is 44.1 Å². The number of benzene rings is 1. The van der Waals surface area contributed by atoms with Crippen molar-refractivity contribution in [1.82, 2.24) is 14.9 Å². The topological polar surface area (TPSA) is 47.5 Å². The number of aromatic nitrogens is 2. The number of nitrogens with zero attached hydrogens (tertiary/aromatic N) is 5. The lowest BCUT2D eigenvalue weighted by molar-refractivity contribution is 0.0105. The van der Waals surface area contributed by atoms with Gasteiger partial charge in [0.25, 0.3) is 0 Å². The summed E-state index contributed by atoms with van der Waals surface area (Å²) in [5.41, 5.74) is 1.65. The van der Waals surface area contributed by atoms with Crippen molar-refractivity contribution in [3.05, 3.63) is 42.0 Å². The van der Waals surface area contributed by atoms with Crippen molar-refractivity contribution in [3.8, 4) is 0 Å². The molecule has 4 bridgehead atoms. The van der Waals surface area contributed by atoms with E-state index in [1.165, 1.54) is 44.1 Å². The summed E-state index contributed by atoms with van der Waals surface area (Å²) in [7, 11) is 4.16. The molecule has 1 aromatic carbocycles. The average Bonchev–Trinajstić information content (AvgIpc) is 2.79. The molecule has 1 aromatic heterocycles. The summed E-state index contributed by atoms with van der Waals surface area (Å²) in [5, 5.41) is 3.99. The number of anilines is 3. The molecule has 33 heavy (non-hydrogen) atoms. The molecule has 0 spiro atoms. The molecular weight excluding hydrogens is 408 g/mol. The highest BCUT2D eigenvalue weighted by molar-refractivity contribution is 5.55. The van der Waals surface area contributed by atoms with Crippen LogP contribution >= 0.6 is 0 Å². The molecular formula is C27H38N6. The predicted octanol–water partition coefficient (Wildman–Crippen LogP) is 4.25. The number of hydrogen-bond donors (Lipinski definition) is 1. The van der Waals surface area contributed by atoms with Gasteiger partial charge >= 0.3 is 0 Å². The molecule has 4 saturated carbocycles. The third-order valence-electron chi connectivity index (χ3n) is 8.49. The van der Waals surface area contributed by atoms with Gasteiger partial charge in [-0.3, -0.25) is 4.90 Å². The van der Waals surface area contributed by atoms with E-state index in [-0.39, 0.29) is 5.54 Å². The summed E-state index contributed by atoms with van der Waals surface area (Å²) in [5.74, 6) is 5.69. The second-order valence-corrected chi connectivity index (χ2v) is 11.4. The lowest BCUT2D eigenvalue weighted by Crippen LogP contribution is -2.55. The minimum atomic E-state index is 0.262. The van der Waals surface area contributed by atoms with Gasteiger partial charge < -0.3 is 15.1 Å². The van der Waals surface area contributed by atoms with Crippen LogP contribution in [-0.4, -0.2) is 60.7 Å². The van der Waals surface area contributed by atoms with E-state index in [2.05, 4.69) is 70.5 Å². The largest absolute Gasteiger partial charge is 0.364 e. The molecule has 0 radical (unpaired) electrons. The van der Waals surface area contributed by atoms with Gasteiger partial charge in [0.1, 0.15) is 11.6 Å². The normalized spacial score (nSPS) is 31.1. The maximum atomic E-state index is 5.08. The summed E-state index contributed by atoms with van der Waals surface area (Å²) in [6, 6.07) is 12.9. The molecule has 6 heteroatoms. The Hall–Kier alpha value is -2.34. The fraction of sp³-hybridized carbons (Fsp3) is 0.630. The van der Waals surface area contributed by atoms with Crippen molar-refractivity contribution in [3.63, 3.8) is 0 Å². The zero-order chi connectivity index (χ0) is 22.4. The highest BCUT2D eigenvalue weighted by Gasteiger charge is 2.51. The SMILES string of the molecule is CN(C)c1cc(NC23CC4CC(CC(C4)C2)C3)nc(N2CCN(Cc3ccccc3)CC2)n1. The first kappa shape index (κ1) is 21.2. The third-order valence-corrected chi connectivity index (χ3v) is 8.49. The average molecular weight is 447 g/mol. The Labute approximate surface area is 198 Å². The molecule has 176 valence electrons. The third kappa shape index (κ3) is 4.42. The zero-order valence-electron chi connectivity index (χ0n) is 20.2. The Bertz CT molecular complexity index is 931. The fourth-order valence-corrected chi connectivity index (χ4v) is 7.34. The molecule has 2 heterocycles. The van der Waals surface area contributed by atoms with E-state index in [4.69, 9.17) is 9.97 Å². The summed E-state index contributed by atoms with van der Waals surface area (Å²) < 4.78 is 0. The first-order valence-electron chi connectivity index (χ1n) is 12.9. The van der Waals surface area contributed by atoms with E-state index in [1.807, 2.05) is 0 Å². The van der Waals surface area contributed by atoms with E-state index in [0.717, 1.165) is 68.1 Å². The van der Waals surface area contributed by atoms with Gasteiger partial charge in [0, 0.05) is 58.4 Å². The van der Waals surface area contributed by atoms with Gasteiger partial charge in [0.05, 0.1) is 0 Å². The molecule has 4 aliphatic carbocycles. The number of rotatable bonds is 6. The molecule has 5 fully saturated rings. The summed E-state index contributed by atoms with van der Waals surface area (Å²) in [4.78, 5) is 17.1. The summed E-state index contributed by atoms with van der Waals surface area (Å²) in [6.07, 6.45) is 8.37. The second kappa shape index (κ2) is 8.46. The highest BCUT2D eigenvalue weighted by atomic mass is 15.3. The molecule has 1 aliphatic heterocycles. The molecule has 2 aromatic rings. The van der Waals surface area contributed by atoms with Gasteiger partial charge in [-0.25, -0.2) is 0 Å². The van der Waals surface area contributed by atoms with Crippen LogP contribution < -0.4 is 15.1 Å². The van der Waals surface area contributed by atoms with Crippen LogP contribution in [0.5, 0.6) is 0 Å². The van der Waals surface area contributed by atoms with Crippen LogP contribution in [0.2, 0.25) is 0 Å². The van der Waals surface area contributed by atoms with Crippen LogP contribution in [0.4, 0.5) is 17.6 Å². The van der Waals surface area contributed by atoms with Crippen LogP contribution in [0, 0.1) is 17.8 Å². The maximum absolute atomic E-state index is 5.08. The van der Waals surface area contributed by atoms with E-state index in [1.54, 1.807) is 0 Å².